The molecule has 0 unspecified atom stereocenters. The number of hydrogen-bond donors (Lipinski definition) is 2. The SMILES string of the molecule is CCc1cc(C(=O)N[C@@H](C(=O)O)c2ccccc2)n(C)n1. The highest BCUT2D eigenvalue weighted by Crippen LogP contribution is 2.14. The van der Waals surface area contributed by atoms with Crippen molar-refractivity contribution in [1.29, 1.82) is 0 Å². The lowest BCUT2D eigenvalue weighted by atomic mass is 10.1. The molecular formula is C15H17N3O3. The van der Waals surface area contributed by atoms with Crippen molar-refractivity contribution < 1.29 is 14.7 Å². The maximum Gasteiger partial charge on any atom is 0.330 e. The van der Waals surface area contributed by atoms with Gasteiger partial charge in [-0.15, -0.1) is 0 Å². The molecule has 6 nitrogen and oxygen atoms in total. The Bertz CT molecular complexity index is 649. The maximum atomic E-state index is 12.2. The van der Waals surface area contributed by atoms with Crippen LogP contribution in [0.15, 0.2) is 36.4 Å². The summed E-state index contributed by atoms with van der Waals surface area (Å²) in [5.41, 5.74) is 1.65. The molecule has 0 saturated heterocycles. The van der Waals surface area contributed by atoms with Gasteiger partial charge in [0.15, 0.2) is 6.04 Å². The van der Waals surface area contributed by atoms with E-state index in [1.807, 2.05) is 6.92 Å². The van der Waals surface area contributed by atoms with Crippen molar-refractivity contribution in [3.8, 4) is 0 Å². The standard InChI is InChI=1S/C15H17N3O3/c1-3-11-9-12(18(2)17-11)14(19)16-13(15(20)21)10-7-5-4-6-8-10/h4-9,13H,3H2,1-2H3,(H,16,19)(H,20,21)/t13-/m1/s1. The number of amides is 1. The zero-order chi connectivity index (χ0) is 15.4. The Morgan fingerprint density at radius 3 is 2.52 bits per heavy atom. The molecule has 1 aromatic heterocycles. The highest BCUT2D eigenvalue weighted by molar-refractivity contribution is 5.95. The number of aryl methyl sites for hydroxylation is 2. The molecule has 0 aliphatic heterocycles. The van der Waals surface area contributed by atoms with E-state index in [-0.39, 0.29) is 0 Å². The van der Waals surface area contributed by atoms with E-state index in [9.17, 15) is 14.7 Å². The van der Waals surface area contributed by atoms with E-state index in [1.54, 1.807) is 43.4 Å². The monoisotopic (exact) mass is 287 g/mol. The fraction of sp³-hybridized carbons (Fsp3) is 0.267. The smallest absolute Gasteiger partial charge is 0.330 e. The number of nitrogens with zero attached hydrogens (tertiary/aromatic N) is 2. The van der Waals surface area contributed by atoms with E-state index in [0.29, 0.717) is 17.7 Å². The second-order valence-electron chi connectivity index (χ2n) is 4.65. The van der Waals surface area contributed by atoms with Crippen LogP contribution in [-0.4, -0.2) is 26.8 Å². The first kappa shape index (κ1) is 14.8. The summed E-state index contributed by atoms with van der Waals surface area (Å²) in [6.45, 7) is 1.94. The molecule has 0 fully saturated rings. The van der Waals surface area contributed by atoms with Crippen LogP contribution in [0.25, 0.3) is 0 Å². The number of aromatic nitrogens is 2. The van der Waals surface area contributed by atoms with Gasteiger partial charge in [-0.1, -0.05) is 37.3 Å². The minimum Gasteiger partial charge on any atom is -0.479 e. The highest BCUT2D eigenvalue weighted by Gasteiger charge is 2.24. The minimum atomic E-state index is -1.10. The van der Waals surface area contributed by atoms with E-state index >= 15 is 0 Å². The molecule has 1 atom stereocenters. The van der Waals surface area contributed by atoms with E-state index in [1.165, 1.54) is 4.68 Å². The number of carbonyl (C=O) groups is 2. The second-order valence-corrected chi connectivity index (χ2v) is 4.65. The minimum absolute atomic E-state index is 0.342. The molecule has 0 aliphatic rings. The summed E-state index contributed by atoms with van der Waals surface area (Å²) >= 11 is 0. The molecule has 0 spiro atoms. The average molecular weight is 287 g/mol. The first-order chi connectivity index (χ1) is 10.0. The number of rotatable bonds is 5. The molecule has 2 aromatic rings. The first-order valence-corrected chi connectivity index (χ1v) is 6.64. The lowest BCUT2D eigenvalue weighted by Gasteiger charge is -2.14. The fourth-order valence-electron chi connectivity index (χ4n) is 2.05. The number of carboxylic acid groups (broad SMARTS) is 1. The second kappa shape index (κ2) is 6.21. The highest BCUT2D eigenvalue weighted by atomic mass is 16.4. The molecule has 1 amide bonds. The Kier molecular flexibility index (Phi) is 4.37. The summed E-state index contributed by atoms with van der Waals surface area (Å²) in [7, 11) is 1.66. The largest absolute Gasteiger partial charge is 0.479 e. The normalized spacial score (nSPS) is 11.9. The van der Waals surface area contributed by atoms with Crippen LogP contribution in [-0.2, 0) is 18.3 Å². The zero-order valence-electron chi connectivity index (χ0n) is 11.9. The molecule has 0 saturated carbocycles. The van der Waals surface area contributed by atoms with Crippen LogP contribution in [0, 0.1) is 0 Å². The Hall–Kier alpha value is -2.63. The summed E-state index contributed by atoms with van der Waals surface area (Å²) < 4.78 is 1.46. The zero-order valence-corrected chi connectivity index (χ0v) is 11.9. The molecule has 0 aliphatic carbocycles. The molecule has 6 heteroatoms. The van der Waals surface area contributed by atoms with Crippen LogP contribution in [0.1, 0.15) is 34.7 Å². The van der Waals surface area contributed by atoms with Gasteiger partial charge in [0, 0.05) is 7.05 Å². The van der Waals surface area contributed by atoms with Crippen molar-refractivity contribution in [2.24, 2.45) is 7.05 Å². The third kappa shape index (κ3) is 3.28. The predicted octanol–water partition coefficient (Wildman–Crippen LogP) is 1.54. The molecular weight excluding hydrogens is 270 g/mol. The topological polar surface area (TPSA) is 84.2 Å². The number of nitrogens with one attached hydrogen (secondary N) is 1. The Morgan fingerprint density at radius 2 is 2.00 bits per heavy atom. The van der Waals surface area contributed by atoms with Crippen molar-refractivity contribution in [2.45, 2.75) is 19.4 Å². The van der Waals surface area contributed by atoms with E-state index < -0.39 is 17.9 Å². The van der Waals surface area contributed by atoms with Gasteiger partial charge in [0.05, 0.1) is 5.69 Å². The summed E-state index contributed by atoms with van der Waals surface area (Å²) in [6, 6.07) is 9.17. The molecule has 0 bridgehead atoms. The first-order valence-electron chi connectivity index (χ1n) is 6.64. The Labute approximate surface area is 122 Å². The quantitative estimate of drug-likeness (QED) is 0.873. The van der Waals surface area contributed by atoms with Gasteiger partial charge < -0.3 is 10.4 Å². The van der Waals surface area contributed by atoms with Crippen molar-refractivity contribution >= 4 is 11.9 Å². The molecule has 1 heterocycles. The van der Waals surface area contributed by atoms with E-state index in [4.69, 9.17) is 0 Å². The maximum absolute atomic E-state index is 12.2. The van der Waals surface area contributed by atoms with Gasteiger partial charge in [-0.2, -0.15) is 5.10 Å². The number of benzene rings is 1. The van der Waals surface area contributed by atoms with Crippen LogP contribution >= 0.6 is 0 Å². The van der Waals surface area contributed by atoms with E-state index in [2.05, 4.69) is 10.4 Å². The van der Waals surface area contributed by atoms with Crippen molar-refractivity contribution in [1.82, 2.24) is 15.1 Å². The Balaban J connectivity index is 2.23. The molecule has 0 radical (unpaired) electrons. The summed E-state index contributed by atoms with van der Waals surface area (Å²) in [4.78, 5) is 23.6. The van der Waals surface area contributed by atoms with Crippen LogP contribution in [0.5, 0.6) is 0 Å². The van der Waals surface area contributed by atoms with Crippen LogP contribution in [0.4, 0.5) is 0 Å². The van der Waals surface area contributed by atoms with Gasteiger partial charge in [0.25, 0.3) is 5.91 Å². The van der Waals surface area contributed by atoms with Crippen LogP contribution in [0.3, 0.4) is 0 Å². The third-order valence-electron chi connectivity index (χ3n) is 3.18. The van der Waals surface area contributed by atoms with Gasteiger partial charge in [-0.3, -0.25) is 9.48 Å². The summed E-state index contributed by atoms with van der Waals surface area (Å²) in [5.74, 6) is -1.56. The fourth-order valence-corrected chi connectivity index (χ4v) is 2.05. The van der Waals surface area contributed by atoms with Crippen molar-refractivity contribution in [2.75, 3.05) is 0 Å². The summed E-state index contributed by atoms with van der Waals surface area (Å²) in [6.07, 6.45) is 0.710. The number of carbonyl (C=O) groups excluding carboxylic acids is 1. The lowest BCUT2D eigenvalue weighted by Crippen LogP contribution is -2.34. The van der Waals surface area contributed by atoms with Gasteiger partial charge in [-0.25, -0.2) is 4.79 Å². The molecule has 1 aromatic carbocycles. The van der Waals surface area contributed by atoms with Gasteiger partial charge in [-0.05, 0) is 18.1 Å². The predicted molar refractivity (Wildman–Crippen MR) is 76.9 cm³/mol. The number of aliphatic carboxylic acids is 1. The van der Waals surface area contributed by atoms with Gasteiger partial charge >= 0.3 is 5.97 Å². The average Bonchev–Trinajstić information content (AvgIpc) is 2.86. The van der Waals surface area contributed by atoms with Crippen molar-refractivity contribution in [3.63, 3.8) is 0 Å². The third-order valence-corrected chi connectivity index (χ3v) is 3.18. The molecule has 2 N–H and O–H groups in total. The number of carboxylic acids is 1. The van der Waals surface area contributed by atoms with Crippen molar-refractivity contribution in [3.05, 3.63) is 53.3 Å². The van der Waals surface area contributed by atoms with Crippen LogP contribution in [0.2, 0.25) is 0 Å². The number of hydrogen-bond acceptors (Lipinski definition) is 3. The van der Waals surface area contributed by atoms with Gasteiger partial charge in [0.1, 0.15) is 5.69 Å². The van der Waals surface area contributed by atoms with Gasteiger partial charge in [0.2, 0.25) is 0 Å². The lowest BCUT2D eigenvalue weighted by molar-refractivity contribution is -0.139. The van der Waals surface area contributed by atoms with E-state index in [0.717, 1.165) is 5.69 Å². The molecule has 110 valence electrons. The molecule has 2 rings (SSSR count). The molecule has 21 heavy (non-hydrogen) atoms. The Morgan fingerprint density at radius 1 is 1.33 bits per heavy atom. The summed E-state index contributed by atoms with van der Waals surface area (Å²) in [5, 5.41) is 16.0. The van der Waals surface area contributed by atoms with Crippen LogP contribution < -0.4 is 5.32 Å².